The Hall–Kier alpha value is -1.63. The highest BCUT2D eigenvalue weighted by molar-refractivity contribution is 5.89. The van der Waals surface area contributed by atoms with Crippen molar-refractivity contribution >= 4 is 5.78 Å². The molecule has 1 atom stereocenters. The molecule has 2 rings (SSSR count). The maximum Gasteiger partial charge on any atom is 0.170 e. The van der Waals surface area contributed by atoms with Crippen molar-refractivity contribution in [2.45, 2.75) is 58.0 Å². The molecule has 0 amide bonds. The Morgan fingerprint density at radius 1 is 1.16 bits per heavy atom. The van der Waals surface area contributed by atoms with E-state index in [1.54, 1.807) is 0 Å². The number of carbonyl (C=O) groups excluding carboxylic acids is 1. The Morgan fingerprint density at radius 3 is 2.40 bits per heavy atom. The highest BCUT2D eigenvalue weighted by Crippen LogP contribution is 2.41. The molecule has 0 spiro atoms. The Balaban J connectivity index is 2.03. The summed E-state index contributed by atoms with van der Waals surface area (Å²) in [6.45, 7) is 6.96. The first kappa shape index (κ1) is 19.7. The van der Waals surface area contributed by atoms with Crippen molar-refractivity contribution in [1.29, 1.82) is 0 Å². The van der Waals surface area contributed by atoms with Gasteiger partial charge in [0, 0.05) is 12.8 Å². The molecule has 1 unspecified atom stereocenters. The lowest BCUT2D eigenvalue weighted by Crippen LogP contribution is -2.42. The van der Waals surface area contributed by atoms with E-state index >= 15 is 0 Å². The maximum atomic E-state index is 12.9. The summed E-state index contributed by atoms with van der Waals surface area (Å²) in [7, 11) is 0. The number of nitrogens with zero attached hydrogens (tertiary/aromatic N) is 1. The Bertz CT molecular complexity index is 591. The van der Waals surface area contributed by atoms with Crippen LogP contribution in [0.3, 0.4) is 0 Å². The van der Waals surface area contributed by atoms with E-state index in [4.69, 9.17) is 0 Å². The van der Waals surface area contributed by atoms with Crippen LogP contribution in [0.2, 0.25) is 0 Å². The Kier molecular flexibility index (Phi) is 7.68. The summed E-state index contributed by atoms with van der Waals surface area (Å²) in [4.78, 5) is 15.2. The molecule has 0 bridgehead atoms. The second-order valence-electron chi connectivity index (χ2n) is 6.85. The molecule has 0 radical (unpaired) electrons. The van der Waals surface area contributed by atoms with Crippen LogP contribution in [0.5, 0.6) is 0 Å². The van der Waals surface area contributed by atoms with E-state index < -0.39 is 5.60 Å². The van der Waals surface area contributed by atoms with Crippen LogP contribution in [-0.4, -0.2) is 35.4 Å². The molecule has 1 N–H and O–H groups in total. The molecule has 25 heavy (non-hydrogen) atoms. The lowest BCUT2D eigenvalue weighted by Gasteiger charge is -2.33. The van der Waals surface area contributed by atoms with Crippen molar-refractivity contribution in [3.05, 3.63) is 35.9 Å². The second kappa shape index (κ2) is 9.75. The first-order valence-electron chi connectivity index (χ1n) is 9.62. The minimum atomic E-state index is -1.35. The van der Waals surface area contributed by atoms with Crippen molar-refractivity contribution in [3.63, 3.8) is 0 Å². The summed E-state index contributed by atoms with van der Waals surface area (Å²) in [5, 5.41) is 11.4. The van der Waals surface area contributed by atoms with Crippen molar-refractivity contribution in [2.75, 3.05) is 19.6 Å². The van der Waals surface area contributed by atoms with Gasteiger partial charge in [0.05, 0.1) is 6.54 Å². The minimum absolute atomic E-state index is 0.0334. The predicted molar refractivity (Wildman–Crippen MR) is 102 cm³/mol. The smallest absolute Gasteiger partial charge is 0.170 e. The average Bonchev–Trinajstić information content (AvgIpc) is 3.19. The number of rotatable bonds is 8. The van der Waals surface area contributed by atoms with Crippen molar-refractivity contribution in [3.8, 4) is 11.8 Å². The van der Waals surface area contributed by atoms with Crippen LogP contribution in [0, 0.1) is 17.8 Å². The zero-order chi connectivity index (χ0) is 18.1. The van der Waals surface area contributed by atoms with Crippen LogP contribution in [-0.2, 0) is 10.4 Å². The normalized spacial score (nSPS) is 17.1. The molecule has 1 saturated carbocycles. The molecule has 1 fully saturated rings. The van der Waals surface area contributed by atoms with Crippen LogP contribution in [0.4, 0.5) is 0 Å². The first-order chi connectivity index (χ1) is 12.1. The molecule has 1 aromatic rings. The number of hydrogen-bond donors (Lipinski definition) is 1. The number of hydrogen-bond acceptors (Lipinski definition) is 3. The zero-order valence-electron chi connectivity index (χ0n) is 15.6. The van der Waals surface area contributed by atoms with Crippen molar-refractivity contribution < 1.29 is 9.90 Å². The van der Waals surface area contributed by atoms with Crippen LogP contribution >= 0.6 is 0 Å². The summed E-state index contributed by atoms with van der Waals surface area (Å²) in [6, 6.07) is 9.46. The quantitative estimate of drug-likeness (QED) is 0.732. The van der Waals surface area contributed by atoms with Gasteiger partial charge in [0.1, 0.15) is 0 Å². The molecule has 0 aliphatic heterocycles. The van der Waals surface area contributed by atoms with Gasteiger partial charge in [0.15, 0.2) is 11.4 Å². The zero-order valence-corrected chi connectivity index (χ0v) is 15.6. The number of benzene rings is 1. The third kappa shape index (κ3) is 4.93. The monoisotopic (exact) mass is 341 g/mol. The van der Waals surface area contributed by atoms with Crippen LogP contribution in [0.15, 0.2) is 30.3 Å². The largest absolute Gasteiger partial charge is 0.377 e. The van der Waals surface area contributed by atoms with Gasteiger partial charge in [-0.2, -0.15) is 0 Å². The number of carbonyl (C=O) groups is 1. The molecule has 1 aromatic carbocycles. The molecule has 3 heteroatoms. The molecule has 3 nitrogen and oxygen atoms in total. The predicted octanol–water partition coefficient (Wildman–Crippen LogP) is 3.76. The topological polar surface area (TPSA) is 40.5 Å². The summed E-state index contributed by atoms with van der Waals surface area (Å²) in [5.74, 6) is 6.20. The number of Topliss-reactive ketones (excluding diaryl/α,β-unsaturated/α-hetero) is 1. The van der Waals surface area contributed by atoms with Crippen molar-refractivity contribution in [1.82, 2.24) is 4.90 Å². The third-order valence-corrected chi connectivity index (χ3v) is 5.38. The van der Waals surface area contributed by atoms with Crippen LogP contribution in [0.1, 0.15) is 57.9 Å². The SMILES string of the molecule is CCN(CC)CC#CCCC(=O)C(O)(c1ccccc1)C1CCCC1. The highest BCUT2D eigenvalue weighted by Gasteiger charge is 2.45. The summed E-state index contributed by atoms with van der Waals surface area (Å²) < 4.78 is 0. The van der Waals surface area contributed by atoms with Crippen LogP contribution in [0.25, 0.3) is 0 Å². The molecule has 0 aromatic heterocycles. The fourth-order valence-corrected chi connectivity index (χ4v) is 3.73. The van der Waals surface area contributed by atoms with Gasteiger partial charge >= 0.3 is 0 Å². The van der Waals surface area contributed by atoms with Crippen LogP contribution < -0.4 is 0 Å². The molecule has 1 aliphatic rings. The fourth-order valence-electron chi connectivity index (χ4n) is 3.73. The lowest BCUT2D eigenvalue weighted by atomic mass is 9.76. The van der Waals surface area contributed by atoms with E-state index in [0.29, 0.717) is 12.8 Å². The molecular weight excluding hydrogens is 310 g/mol. The lowest BCUT2D eigenvalue weighted by molar-refractivity contribution is -0.144. The first-order valence-corrected chi connectivity index (χ1v) is 9.62. The van der Waals surface area contributed by atoms with Crippen molar-refractivity contribution in [2.24, 2.45) is 5.92 Å². The minimum Gasteiger partial charge on any atom is -0.377 e. The van der Waals surface area contributed by atoms with E-state index in [-0.39, 0.29) is 11.7 Å². The van der Waals surface area contributed by atoms with Gasteiger partial charge in [-0.25, -0.2) is 0 Å². The van der Waals surface area contributed by atoms with Gasteiger partial charge in [-0.1, -0.05) is 62.9 Å². The number of ketones is 1. The Labute approximate surface area is 152 Å². The third-order valence-electron chi connectivity index (χ3n) is 5.38. The van der Waals surface area contributed by atoms with Gasteiger partial charge in [-0.15, -0.1) is 5.92 Å². The van der Waals surface area contributed by atoms with Gasteiger partial charge in [-0.05, 0) is 37.4 Å². The van der Waals surface area contributed by atoms with Gasteiger partial charge in [0.2, 0.25) is 0 Å². The molecule has 0 saturated heterocycles. The fraction of sp³-hybridized carbons (Fsp3) is 0.591. The second-order valence-corrected chi connectivity index (χ2v) is 6.85. The molecule has 136 valence electrons. The van der Waals surface area contributed by atoms with Gasteiger partial charge < -0.3 is 5.11 Å². The van der Waals surface area contributed by atoms with Gasteiger partial charge in [0.25, 0.3) is 0 Å². The summed E-state index contributed by atoms with van der Waals surface area (Å²) in [6.07, 6.45) is 4.86. The summed E-state index contributed by atoms with van der Waals surface area (Å²) in [5.41, 5.74) is -0.610. The van der Waals surface area contributed by atoms with E-state index in [9.17, 15) is 9.90 Å². The molecule has 1 aliphatic carbocycles. The van der Waals surface area contributed by atoms with E-state index in [1.807, 2.05) is 30.3 Å². The summed E-state index contributed by atoms with van der Waals surface area (Å²) >= 11 is 0. The standard InChI is InChI=1S/C22H31NO2/c1-3-23(4-2)18-12-6-9-17-21(24)22(25,20-15-10-11-16-20)19-13-7-5-8-14-19/h5,7-8,13-14,20,25H,3-4,9-11,15-18H2,1-2H3. The van der Waals surface area contributed by atoms with E-state index in [2.05, 4.69) is 30.6 Å². The maximum absolute atomic E-state index is 12.9. The number of aliphatic hydroxyl groups is 1. The van der Waals surface area contributed by atoms with Gasteiger partial charge in [-0.3, -0.25) is 9.69 Å². The highest BCUT2D eigenvalue weighted by atomic mass is 16.3. The van der Waals surface area contributed by atoms with E-state index in [0.717, 1.165) is 50.9 Å². The molecular formula is C22H31NO2. The van der Waals surface area contributed by atoms with E-state index in [1.165, 1.54) is 0 Å². The Morgan fingerprint density at radius 2 is 1.80 bits per heavy atom. The average molecular weight is 341 g/mol. The molecule has 0 heterocycles.